The minimum Gasteiger partial charge on any atom is -0.383 e. The number of carbonyl (C=O) groups is 1. The molecule has 1 heterocycles. The molecule has 1 amide bonds. The van der Waals surface area contributed by atoms with Crippen molar-refractivity contribution in [1.29, 1.82) is 0 Å². The van der Waals surface area contributed by atoms with E-state index in [-0.39, 0.29) is 5.91 Å². The van der Waals surface area contributed by atoms with E-state index in [2.05, 4.69) is 17.1 Å². The monoisotopic (exact) mass is 257 g/mol. The fourth-order valence-electron chi connectivity index (χ4n) is 2.63. The smallest absolute Gasteiger partial charge is 0.237 e. The molecule has 0 radical (unpaired) electrons. The number of methoxy groups -OCH3 is 1. The molecule has 1 atom stereocenters. The van der Waals surface area contributed by atoms with Crippen molar-refractivity contribution in [3.63, 3.8) is 0 Å². The first-order valence-electron chi connectivity index (χ1n) is 6.91. The first kappa shape index (κ1) is 15.4. The van der Waals surface area contributed by atoms with Gasteiger partial charge in [-0.3, -0.25) is 4.79 Å². The van der Waals surface area contributed by atoms with E-state index in [9.17, 15) is 4.79 Å². The highest BCUT2D eigenvalue weighted by atomic mass is 16.5. The molecular formula is C13H27N3O2. The Bertz CT molecular complexity index is 261. The minimum absolute atomic E-state index is 0.225. The largest absolute Gasteiger partial charge is 0.383 e. The van der Waals surface area contributed by atoms with E-state index in [4.69, 9.17) is 10.5 Å². The molecule has 1 saturated heterocycles. The number of carbonyl (C=O) groups excluding carboxylic acids is 1. The molecule has 0 bridgehead atoms. The molecule has 0 aromatic carbocycles. The number of nitrogens with zero attached hydrogens (tertiary/aromatic N) is 1. The van der Waals surface area contributed by atoms with Crippen LogP contribution >= 0.6 is 0 Å². The van der Waals surface area contributed by atoms with Crippen LogP contribution in [0.2, 0.25) is 0 Å². The number of ether oxygens (including phenoxy) is 1. The summed E-state index contributed by atoms with van der Waals surface area (Å²) in [7, 11) is 1.66. The zero-order valence-corrected chi connectivity index (χ0v) is 11.7. The summed E-state index contributed by atoms with van der Waals surface area (Å²) in [5.41, 5.74) is 5.07. The Morgan fingerprint density at radius 2 is 2.22 bits per heavy atom. The summed E-state index contributed by atoms with van der Waals surface area (Å²) in [5, 5.41) is 3.31. The second-order valence-electron chi connectivity index (χ2n) is 5.06. The fourth-order valence-corrected chi connectivity index (χ4v) is 2.63. The molecule has 5 nitrogen and oxygen atoms in total. The van der Waals surface area contributed by atoms with Crippen LogP contribution in [0.25, 0.3) is 0 Å². The fraction of sp³-hybridized carbons (Fsp3) is 0.923. The van der Waals surface area contributed by atoms with E-state index in [0.29, 0.717) is 13.2 Å². The number of nitrogens with two attached hydrogens (primary N) is 1. The van der Waals surface area contributed by atoms with Crippen LogP contribution in [0.4, 0.5) is 0 Å². The third-order valence-electron chi connectivity index (χ3n) is 3.71. The topological polar surface area (TPSA) is 67.6 Å². The zero-order valence-electron chi connectivity index (χ0n) is 11.7. The van der Waals surface area contributed by atoms with Crippen LogP contribution < -0.4 is 11.1 Å². The quantitative estimate of drug-likeness (QED) is 0.646. The maximum absolute atomic E-state index is 11.8. The molecule has 0 aromatic heterocycles. The Labute approximate surface area is 110 Å². The number of hydrogen-bond donors (Lipinski definition) is 2. The molecule has 0 saturated carbocycles. The number of amides is 1. The van der Waals surface area contributed by atoms with Gasteiger partial charge in [0.1, 0.15) is 0 Å². The van der Waals surface area contributed by atoms with Gasteiger partial charge < -0.3 is 20.7 Å². The van der Waals surface area contributed by atoms with Gasteiger partial charge in [-0.2, -0.15) is 0 Å². The molecule has 0 spiro atoms. The number of nitrogens with one attached hydrogen (secondary N) is 1. The van der Waals surface area contributed by atoms with E-state index in [1.54, 1.807) is 7.11 Å². The molecule has 1 rings (SSSR count). The van der Waals surface area contributed by atoms with Crippen molar-refractivity contribution in [3.05, 3.63) is 0 Å². The van der Waals surface area contributed by atoms with Crippen molar-refractivity contribution in [2.45, 2.75) is 38.1 Å². The van der Waals surface area contributed by atoms with E-state index >= 15 is 0 Å². The summed E-state index contributed by atoms with van der Waals surface area (Å²) in [4.78, 5) is 14.2. The highest BCUT2D eigenvalue weighted by Crippen LogP contribution is 2.22. The molecule has 18 heavy (non-hydrogen) atoms. The Hall–Kier alpha value is -0.650. The summed E-state index contributed by atoms with van der Waals surface area (Å²) >= 11 is 0. The van der Waals surface area contributed by atoms with E-state index in [0.717, 1.165) is 45.3 Å². The summed E-state index contributed by atoms with van der Waals surface area (Å²) in [6, 6.07) is 0. The van der Waals surface area contributed by atoms with E-state index < -0.39 is 5.54 Å². The van der Waals surface area contributed by atoms with Crippen LogP contribution in [0, 0.1) is 0 Å². The van der Waals surface area contributed by atoms with Gasteiger partial charge in [0.15, 0.2) is 0 Å². The molecule has 106 valence electrons. The van der Waals surface area contributed by atoms with Crippen molar-refractivity contribution in [1.82, 2.24) is 10.2 Å². The van der Waals surface area contributed by atoms with Crippen LogP contribution in [0.3, 0.4) is 0 Å². The Morgan fingerprint density at radius 3 is 2.83 bits per heavy atom. The maximum Gasteiger partial charge on any atom is 0.237 e. The van der Waals surface area contributed by atoms with Crippen molar-refractivity contribution in [3.8, 4) is 0 Å². The van der Waals surface area contributed by atoms with Crippen molar-refractivity contribution >= 4 is 5.91 Å². The highest BCUT2D eigenvalue weighted by Gasteiger charge is 2.37. The normalized spacial score (nSPS) is 25.9. The SMILES string of the molecule is CCCN1CCCC(NCCOC)(C(N)=O)CC1. The lowest BCUT2D eigenvalue weighted by molar-refractivity contribution is -0.125. The Balaban J connectivity index is 2.58. The van der Waals surface area contributed by atoms with Crippen LogP contribution in [0.5, 0.6) is 0 Å². The number of hydrogen-bond acceptors (Lipinski definition) is 4. The van der Waals surface area contributed by atoms with Crippen LogP contribution in [0.15, 0.2) is 0 Å². The summed E-state index contributed by atoms with van der Waals surface area (Å²) in [6.07, 6.45) is 3.79. The van der Waals surface area contributed by atoms with Crippen molar-refractivity contribution in [2.24, 2.45) is 5.73 Å². The Morgan fingerprint density at radius 1 is 1.44 bits per heavy atom. The van der Waals surface area contributed by atoms with E-state index in [1.807, 2.05) is 0 Å². The average Bonchev–Trinajstić information content (AvgIpc) is 2.54. The summed E-state index contributed by atoms with van der Waals surface area (Å²) < 4.78 is 5.02. The molecule has 1 fully saturated rings. The first-order chi connectivity index (χ1) is 8.64. The second kappa shape index (κ2) is 7.71. The molecule has 5 heteroatoms. The second-order valence-corrected chi connectivity index (χ2v) is 5.06. The van der Waals surface area contributed by atoms with Gasteiger partial charge in [0.05, 0.1) is 12.1 Å². The molecule has 1 unspecified atom stereocenters. The van der Waals surface area contributed by atoms with Gasteiger partial charge in [0.25, 0.3) is 0 Å². The highest BCUT2D eigenvalue weighted by molar-refractivity contribution is 5.84. The average molecular weight is 257 g/mol. The minimum atomic E-state index is -0.541. The van der Waals surface area contributed by atoms with Gasteiger partial charge in [-0.1, -0.05) is 6.92 Å². The first-order valence-corrected chi connectivity index (χ1v) is 6.91. The van der Waals surface area contributed by atoms with Crippen LogP contribution in [0.1, 0.15) is 32.6 Å². The molecule has 1 aliphatic heterocycles. The lowest BCUT2D eigenvalue weighted by atomic mass is 9.89. The van der Waals surface area contributed by atoms with Crippen molar-refractivity contribution in [2.75, 3.05) is 39.9 Å². The lowest BCUT2D eigenvalue weighted by Gasteiger charge is -2.30. The molecule has 0 aliphatic carbocycles. The third kappa shape index (κ3) is 4.23. The lowest BCUT2D eigenvalue weighted by Crippen LogP contribution is -2.56. The van der Waals surface area contributed by atoms with Crippen LogP contribution in [-0.2, 0) is 9.53 Å². The van der Waals surface area contributed by atoms with Gasteiger partial charge in [0.2, 0.25) is 5.91 Å². The van der Waals surface area contributed by atoms with Gasteiger partial charge >= 0.3 is 0 Å². The zero-order chi connectivity index (χ0) is 13.4. The summed E-state index contributed by atoms with van der Waals surface area (Å²) in [5.74, 6) is -0.225. The van der Waals surface area contributed by atoms with E-state index in [1.165, 1.54) is 0 Å². The van der Waals surface area contributed by atoms with Gasteiger partial charge in [-0.05, 0) is 38.8 Å². The molecular weight excluding hydrogens is 230 g/mol. The molecule has 0 aromatic rings. The number of likely N-dealkylation sites (tertiary alicyclic amines) is 1. The molecule has 3 N–H and O–H groups in total. The van der Waals surface area contributed by atoms with Gasteiger partial charge in [0, 0.05) is 20.2 Å². The predicted octanol–water partition coefficient (Wildman–Crippen LogP) is 0.342. The number of primary amides is 1. The van der Waals surface area contributed by atoms with Crippen LogP contribution in [-0.4, -0.2) is 56.2 Å². The Kier molecular flexibility index (Phi) is 6.60. The maximum atomic E-state index is 11.8. The predicted molar refractivity (Wildman–Crippen MR) is 72.4 cm³/mol. The third-order valence-corrected chi connectivity index (χ3v) is 3.71. The standard InChI is InChI=1S/C13H27N3O2/c1-3-8-16-9-4-5-13(6-10-16,12(14)17)15-7-11-18-2/h15H,3-11H2,1-2H3,(H2,14,17). The van der Waals surface area contributed by atoms with Crippen molar-refractivity contribution < 1.29 is 9.53 Å². The van der Waals surface area contributed by atoms with Gasteiger partial charge in [-0.25, -0.2) is 0 Å². The van der Waals surface area contributed by atoms with Gasteiger partial charge in [-0.15, -0.1) is 0 Å². The summed E-state index contributed by atoms with van der Waals surface area (Å²) in [6.45, 7) is 6.57. The number of rotatable bonds is 7. The molecule has 1 aliphatic rings.